The molecular formula is C14H11NO. The number of hydrogen-bond acceptors (Lipinski definition) is 2. The summed E-state index contributed by atoms with van der Waals surface area (Å²) >= 11 is 0. The van der Waals surface area contributed by atoms with Crippen LogP contribution in [0.2, 0.25) is 0 Å². The molecule has 1 aromatic carbocycles. The molecule has 0 saturated heterocycles. The van der Waals surface area contributed by atoms with Crippen molar-refractivity contribution in [3.63, 3.8) is 0 Å². The smallest absolute Gasteiger partial charge is 0.150 e. The summed E-state index contributed by atoms with van der Waals surface area (Å²) < 4.78 is 0. The number of nitrogens with zero attached hydrogens (tertiary/aromatic N) is 1. The molecule has 0 aliphatic heterocycles. The Morgan fingerprint density at radius 3 is 2.50 bits per heavy atom. The second-order valence-electron chi connectivity index (χ2n) is 3.40. The first-order chi connectivity index (χ1) is 7.85. The molecule has 0 aliphatic carbocycles. The number of hydrogen-bond donors (Lipinski definition) is 0. The van der Waals surface area contributed by atoms with Crippen LogP contribution < -0.4 is 0 Å². The van der Waals surface area contributed by atoms with Crippen molar-refractivity contribution in [3.05, 3.63) is 60.4 Å². The third kappa shape index (κ3) is 1.91. The van der Waals surface area contributed by atoms with Crippen LogP contribution in [0.3, 0.4) is 0 Å². The molecule has 2 nitrogen and oxygen atoms in total. The second kappa shape index (κ2) is 4.53. The van der Waals surface area contributed by atoms with Gasteiger partial charge in [0, 0.05) is 18.0 Å². The van der Waals surface area contributed by atoms with E-state index in [2.05, 4.69) is 11.6 Å². The molecule has 1 aromatic heterocycles. The van der Waals surface area contributed by atoms with E-state index in [0.29, 0.717) is 5.56 Å². The molecule has 0 spiro atoms. The number of benzene rings is 1. The van der Waals surface area contributed by atoms with Crippen molar-refractivity contribution in [1.82, 2.24) is 4.98 Å². The standard InChI is InChI=1S/C14H11NO/c1-2-12-4-3-11(10-16)9-14(12)13-5-7-15-8-6-13/h2-10H,1H2. The number of aldehydes is 1. The Kier molecular flexibility index (Phi) is 2.92. The van der Waals surface area contributed by atoms with Gasteiger partial charge in [0.1, 0.15) is 6.29 Å². The van der Waals surface area contributed by atoms with Gasteiger partial charge in [-0.25, -0.2) is 0 Å². The van der Waals surface area contributed by atoms with Crippen molar-refractivity contribution in [2.45, 2.75) is 0 Å². The molecule has 0 unspecified atom stereocenters. The Balaban J connectivity index is 2.62. The van der Waals surface area contributed by atoms with E-state index >= 15 is 0 Å². The lowest BCUT2D eigenvalue weighted by Gasteiger charge is -2.06. The Hall–Kier alpha value is -2.22. The van der Waals surface area contributed by atoms with Crippen molar-refractivity contribution in [2.75, 3.05) is 0 Å². The van der Waals surface area contributed by atoms with E-state index in [0.717, 1.165) is 23.0 Å². The number of carbonyl (C=O) groups excluding carboxylic acids is 1. The lowest BCUT2D eigenvalue weighted by molar-refractivity contribution is 0.112. The highest BCUT2D eigenvalue weighted by Gasteiger charge is 2.03. The van der Waals surface area contributed by atoms with Crippen molar-refractivity contribution in [2.24, 2.45) is 0 Å². The summed E-state index contributed by atoms with van der Waals surface area (Å²) in [4.78, 5) is 14.7. The first-order valence-corrected chi connectivity index (χ1v) is 4.97. The predicted octanol–water partition coefficient (Wildman–Crippen LogP) is 3.20. The van der Waals surface area contributed by atoms with Gasteiger partial charge in [0.25, 0.3) is 0 Å². The average Bonchev–Trinajstić information content (AvgIpc) is 2.39. The monoisotopic (exact) mass is 209 g/mol. The van der Waals surface area contributed by atoms with Crippen LogP contribution in [0.15, 0.2) is 49.3 Å². The van der Waals surface area contributed by atoms with Gasteiger partial charge in [-0.2, -0.15) is 0 Å². The van der Waals surface area contributed by atoms with Crippen LogP contribution in [-0.2, 0) is 0 Å². The number of aromatic nitrogens is 1. The van der Waals surface area contributed by atoms with Gasteiger partial charge in [-0.1, -0.05) is 24.8 Å². The molecule has 0 atom stereocenters. The Morgan fingerprint density at radius 2 is 1.88 bits per heavy atom. The lowest BCUT2D eigenvalue weighted by Crippen LogP contribution is -1.87. The second-order valence-corrected chi connectivity index (χ2v) is 3.40. The molecule has 0 amide bonds. The van der Waals surface area contributed by atoms with E-state index in [1.165, 1.54) is 0 Å². The molecule has 2 heteroatoms. The zero-order valence-electron chi connectivity index (χ0n) is 8.76. The van der Waals surface area contributed by atoms with E-state index < -0.39 is 0 Å². The van der Waals surface area contributed by atoms with E-state index in [9.17, 15) is 4.79 Å². The van der Waals surface area contributed by atoms with Crippen LogP contribution in [0.5, 0.6) is 0 Å². The molecule has 2 rings (SSSR count). The minimum atomic E-state index is 0.664. The summed E-state index contributed by atoms with van der Waals surface area (Å²) in [5.74, 6) is 0. The first-order valence-electron chi connectivity index (χ1n) is 4.97. The molecule has 2 aromatic rings. The normalized spacial score (nSPS) is 9.75. The zero-order valence-corrected chi connectivity index (χ0v) is 8.76. The van der Waals surface area contributed by atoms with Crippen LogP contribution in [0.25, 0.3) is 17.2 Å². The molecule has 0 bridgehead atoms. The fourth-order valence-electron chi connectivity index (χ4n) is 1.61. The summed E-state index contributed by atoms with van der Waals surface area (Å²) in [5, 5.41) is 0. The SMILES string of the molecule is C=Cc1ccc(C=O)cc1-c1ccncc1. The molecule has 78 valence electrons. The van der Waals surface area contributed by atoms with Gasteiger partial charge in [0.05, 0.1) is 0 Å². The van der Waals surface area contributed by atoms with Crippen LogP contribution in [0.1, 0.15) is 15.9 Å². The van der Waals surface area contributed by atoms with Crippen LogP contribution in [0.4, 0.5) is 0 Å². The van der Waals surface area contributed by atoms with Gasteiger partial charge < -0.3 is 0 Å². The third-order valence-electron chi connectivity index (χ3n) is 2.42. The maximum atomic E-state index is 10.8. The van der Waals surface area contributed by atoms with Crippen LogP contribution in [0, 0.1) is 0 Å². The highest BCUT2D eigenvalue weighted by atomic mass is 16.1. The van der Waals surface area contributed by atoms with Crippen molar-refractivity contribution in [3.8, 4) is 11.1 Å². The quantitative estimate of drug-likeness (QED) is 0.726. The zero-order chi connectivity index (χ0) is 11.4. The molecule has 0 aliphatic rings. The van der Waals surface area contributed by atoms with Crippen molar-refractivity contribution >= 4 is 12.4 Å². The summed E-state index contributed by atoms with van der Waals surface area (Å²) in [6.07, 6.45) is 6.09. The van der Waals surface area contributed by atoms with E-state index in [4.69, 9.17) is 0 Å². The topological polar surface area (TPSA) is 30.0 Å². The van der Waals surface area contributed by atoms with E-state index in [1.54, 1.807) is 24.5 Å². The highest BCUT2D eigenvalue weighted by Crippen LogP contribution is 2.24. The summed E-state index contributed by atoms with van der Waals surface area (Å²) in [6.45, 7) is 3.77. The molecule has 0 radical (unpaired) electrons. The van der Waals surface area contributed by atoms with Crippen molar-refractivity contribution in [1.29, 1.82) is 0 Å². The highest BCUT2D eigenvalue weighted by molar-refractivity contribution is 5.83. The largest absolute Gasteiger partial charge is 0.298 e. The summed E-state index contributed by atoms with van der Waals surface area (Å²) in [7, 11) is 0. The minimum absolute atomic E-state index is 0.664. The Morgan fingerprint density at radius 1 is 1.12 bits per heavy atom. The van der Waals surface area contributed by atoms with Gasteiger partial charge in [0.15, 0.2) is 0 Å². The first kappa shape index (κ1) is 10.3. The third-order valence-corrected chi connectivity index (χ3v) is 2.42. The van der Waals surface area contributed by atoms with Crippen LogP contribution in [-0.4, -0.2) is 11.3 Å². The maximum absolute atomic E-state index is 10.8. The molecule has 0 N–H and O–H groups in total. The lowest BCUT2D eigenvalue weighted by atomic mass is 9.98. The molecule has 1 heterocycles. The van der Waals surface area contributed by atoms with Crippen LogP contribution >= 0.6 is 0 Å². The molecule has 16 heavy (non-hydrogen) atoms. The average molecular weight is 209 g/mol. The van der Waals surface area contributed by atoms with Gasteiger partial charge in [0.2, 0.25) is 0 Å². The number of rotatable bonds is 3. The predicted molar refractivity (Wildman–Crippen MR) is 65.2 cm³/mol. The molecule has 0 saturated carbocycles. The minimum Gasteiger partial charge on any atom is -0.298 e. The Labute approximate surface area is 94.3 Å². The summed E-state index contributed by atoms with van der Waals surface area (Å²) in [5.41, 5.74) is 3.71. The van der Waals surface area contributed by atoms with E-state index in [-0.39, 0.29) is 0 Å². The molecular weight excluding hydrogens is 198 g/mol. The van der Waals surface area contributed by atoms with Gasteiger partial charge >= 0.3 is 0 Å². The fourth-order valence-corrected chi connectivity index (χ4v) is 1.61. The Bertz CT molecular complexity index is 518. The summed E-state index contributed by atoms with van der Waals surface area (Å²) in [6, 6.07) is 9.37. The van der Waals surface area contributed by atoms with Gasteiger partial charge in [-0.15, -0.1) is 0 Å². The van der Waals surface area contributed by atoms with E-state index in [1.807, 2.05) is 24.3 Å². The molecule has 0 fully saturated rings. The number of pyridine rings is 1. The fraction of sp³-hybridized carbons (Fsp3) is 0. The number of carbonyl (C=O) groups is 1. The van der Waals surface area contributed by atoms with Gasteiger partial charge in [-0.3, -0.25) is 9.78 Å². The van der Waals surface area contributed by atoms with Gasteiger partial charge in [-0.05, 0) is 34.9 Å². The maximum Gasteiger partial charge on any atom is 0.150 e. The van der Waals surface area contributed by atoms with Crippen molar-refractivity contribution < 1.29 is 4.79 Å².